The van der Waals surface area contributed by atoms with Gasteiger partial charge in [0.1, 0.15) is 0 Å². The first kappa shape index (κ1) is 11.3. The molecule has 1 fully saturated rings. The van der Waals surface area contributed by atoms with Crippen molar-refractivity contribution in [3.8, 4) is 0 Å². The van der Waals surface area contributed by atoms with E-state index < -0.39 is 0 Å². The predicted octanol–water partition coefficient (Wildman–Crippen LogP) is 3.70. The van der Waals surface area contributed by atoms with Gasteiger partial charge in [0.05, 0.1) is 5.02 Å². The highest BCUT2D eigenvalue weighted by molar-refractivity contribution is 7.99. The minimum Gasteiger partial charge on any atom is -0.310 e. The minimum atomic E-state index is 0.758. The Bertz CT molecular complexity index is 336. The summed E-state index contributed by atoms with van der Waals surface area (Å²) in [5, 5.41) is 4.37. The molecule has 0 amide bonds. The number of halogens is 1. The number of benzene rings is 1. The van der Waals surface area contributed by atoms with Crippen molar-refractivity contribution in [2.75, 3.05) is 5.75 Å². The normalized spacial score (nSPS) is 15.6. The van der Waals surface area contributed by atoms with E-state index in [1.807, 2.05) is 0 Å². The van der Waals surface area contributed by atoms with Crippen LogP contribution < -0.4 is 5.32 Å². The second-order valence-corrected chi connectivity index (χ2v) is 5.57. The molecule has 2 rings (SSSR count). The molecule has 15 heavy (non-hydrogen) atoms. The average Bonchev–Trinajstić information content (AvgIpc) is 3.03. The summed E-state index contributed by atoms with van der Waals surface area (Å²) < 4.78 is 0. The molecule has 1 aromatic rings. The Hall–Kier alpha value is -0.180. The van der Waals surface area contributed by atoms with Gasteiger partial charge in [-0.3, -0.25) is 0 Å². The number of hydrogen-bond donors (Lipinski definition) is 1. The summed E-state index contributed by atoms with van der Waals surface area (Å²) >= 11 is 7.99. The van der Waals surface area contributed by atoms with Crippen LogP contribution in [0.5, 0.6) is 0 Å². The van der Waals surface area contributed by atoms with E-state index in [0.717, 1.165) is 23.4 Å². The molecule has 0 heterocycles. The third-order valence-electron chi connectivity index (χ3n) is 2.47. The first-order chi connectivity index (χ1) is 7.29. The minimum absolute atomic E-state index is 0.758. The van der Waals surface area contributed by atoms with E-state index in [1.54, 1.807) is 11.8 Å². The smallest absolute Gasteiger partial charge is 0.0545 e. The molecule has 1 aromatic carbocycles. The van der Waals surface area contributed by atoms with Gasteiger partial charge in [-0.25, -0.2) is 0 Å². The van der Waals surface area contributed by atoms with Crippen molar-refractivity contribution < 1.29 is 0 Å². The Balaban J connectivity index is 1.96. The molecule has 0 bridgehead atoms. The fourth-order valence-corrected chi connectivity index (χ4v) is 2.52. The maximum Gasteiger partial charge on any atom is 0.0545 e. The van der Waals surface area contributed by atoms with E-state index in [1.165, 1.54) is 23.3 Å². The topological polar surface area (TPSA) is 12.0 Å². The van der Waals surface area contributed by atoms with Crippen LogP contribution in [0.15, 0.2) is 23.1 Å². The largest absolute Gasteiger partial charge is 0.310 e. The maximum absolute atomic E-state index is 6.19. The van der Waals surface area contributed by atoms with E-state index in [2.05, 4.69) is 30.4 Å². The predicted molar refractivity (Wildman–Crippen MR) is 67.7 cm³/mol. The van der Waals surface area contributed by atoms with Crippen molar-refractivity contribution in [1.29, 1.82) is 0 Å². The molecule has 0 unspecified atom stereocenters. The second kappa shape index (κ2) is 5.24. The van der Waals surface area contributed by atoms with E-state index in [0.29, 0.717) is 0 Å². The Morgan fingerprint density at radius 3 is 2.87 bits per heavy atom. The lowest BCUT2D eigenvalue weighted by Gasteiger charge is -2.06. The summed E-state index contributed by atoms with van der Waals surface area (Å²) in [6.07, 6.45) is 2.66. The molecule has 1 nitrogen and oxygen atoms in total. The lowest BCUT2D eigenvalue weighted by molar-refractivity contribution is 0.687. The highest BCUT2D eigenvalue weighted by atomic mass is 35.5. The standard InChI is InChI=1S/C12H16ClNS/c1-2-15-12-6-3-9(7-11(12)13)8-14-10-4-5-10/h3,6-7,10,14H,2,4-5,8H2,1H3. The van der Waals surface area contributed by atoms with Crippen LogP contribution >= 0.6 is 23.4 Å². The fourth-order valence-electron chi connectivity index (χ4n) is 1.48. The highest BCUT2D eigenvalue weighted by Gasteiger charge is 2.19. The number of rotatable bonds is 5. The highest BCUT2D eigenvalue weighted by Crippen LogP contribution is 2.28. The summed E-state index contributed by atoms with van der Waals surface area (Å²) in [4.78, 5) is 1.19. The fraction of sp³-hybridized carbons (Fsp3) is 0.500. The van der Waals surface area contributed by atoms with Crippen LogP contribution in [0, 0.1) is 0 Å². The van der Waals surface area contributed by atoms with Gasteiger partial charge in [0.2, 0.25) is 0 Å². The van der Waals surface area contributed by atoms with Gasteiger partial charge in [0.15, 0.2) is 0 Å². The molecule has 0 radical (unpaired) electrons. The number of nitrogens with one attached hydrogen (secondary N) is 1. The summed E-state index contributed by atoms with van der Waals surface area (Å²) in [6.45, 7) is 3.09. The number of thioether (sulfide) groups is 1. The van der Waals surface area contributed by atoms with Crippen molar-refractivity contribution >= 4 is 23.4 Å². The van der Waals surface area contributed by atoms with Crippen LogP contribution in [0.2, 0.25) is 5.02 Å². The van der Waals surface area contributed by atoms with Gasteiger partial charge < -0.3 is 5.32 Å². The quantitative estimate of drug-likeness (QED) is 0.789. The van der Waals surface area contributed by atoms with Crippen molar-refractivity contribution in [3.63, 3.8) is 0 Å². The summed E-state index contributed by atoms with van der Waals surface area (Å²) in [7, 11) is 0. The molecule has 1 aliphatic carbocycles. The summed E-state index contributed by atoms with van der Waals surface area (Å²) in [5.74, 6) is 1.07. The Kier molecular flexibility index (Phi) is 3.95. The van der Waals surface area contributed by atoms with Crippen molar-refractivity contribution in [1.82, 2.24) is 5.32 Å². The van der Waals surface area contributed by atoms with Gasteiger partial charge in [-0.05, 0) is 36.3 Å². The van der Waals surface area contributed by atoms with Gasteiger partial charge in [0, 0.05) is 17.5 Å². The summed E-state index contributed by atoms with van der Waals surface area (Å²) in [6, 6.07) is 7.13. The number of hydrogen-bond acceptors (Lipinski definition) is 2. The lowest BCUT2D eigenvalue weighted by atomic mass is 10.2. The van der Waals surface area contributed by atoms with Crippen molar-refractivity contribution in [2.24, 2.45) is 0 Å². The van der Waals surface area contributed by atoms with Gasteiger partial charge in [-0.15, -0.1) is 11.8 Å². The molecule has 0 saturated heterocycles. The van der Waals surface area contributed by atoms with Crippen LogP contribution in [0.3, 0.4) is 0 Å². The lowest BCUT2D eigenvalue weighted by Crippen LogP contribution is -2.15. The molecule has 0 aromatic heterocycles. The first-order valence-corrected chi connectivity index (χ1v) is 6.80. The molecule has 1 N–H and O–H groups in total. The van der Waals surface area contributed by atoms with Gasteiger partial charge in [-0.2, -0.15) is 0 Å². The molecule has 0 aliphatic heterocycles. The van der Waals surface area contributed by atoms with Gasteiger partial charge in [-0.1, -0.05) is 24.6 Å². The van der Waals surface area contributed by atoms with E-state index in [4.69, 9.17) is 11.6 Å². The Morgan fingerprint density at radius 2 is 2.27 bits per heavy atom. The van der Waals surface area contributed by atoms with E-state index in [-0.39, 0.29) is 0 Å². The van der Waals surface area contributed by atoms with Gasteiger partial charge in [0.25, 0.3) is 0 Å². The molecule has 0 spiro atoms. The van der Waals surface area contributed by atoms with E-state index >= 15 is 0 Å². The van der Waals surface area contributed by atoms with Crippen LogP contribution in [0.4, 0.5) is 0 Å². The van der Waals surface area contributed by atoms with Gasteiger partial charge >= 0.3 is 0 Å². The van der Waals surface area contributed by atoms with Crippen LogP contribution in [-0.2, 0) is 6.54 Å². The zero-order chi connectivity index (χ0) is 10.7. The monoisotopic (exact) mass is 241 g/mol. The SMILES string of the molecule is CCSc1ccc(CNC2CC2)cc1Cl. The zero-order valence-electron chi connectivity index (χ0n) is 8.92. The van der Waals surface area contributed by atoms with Crippen molar-refractivity contribution in [3.05, 3.63) is 28.8 Å². The Labute approximate surface area is 101 Å². The maximum atomic E-state index is 6.19. The zero-order valence-corrected chi connectivity index (χ0v) is 10.5. The van der Waals surface area contributed by atoms with Crippen LogP contribution in [-0.4, -0.2) is 11.8 Å². The molecular weight excluding hydrogens is 226 g/mol. The molecular formula is C12H16ClNS. The first-order valence-electron chi connectivity index (χ1n) is 5.44. The molecule has 3 heteroatoms. The van der Waals surface area contributed by atoms with Crippen molar-refractivity contribution in [2.45, 2.75) is 37.2 Å². The molecule has 82 valence electrons. The summed E-state index contributed by atoms with van der Waals surface area (Å²) in [5.41, 5.74) is 1.28. The van der Waals surface area contributed by atoms with E-state index in [9.17, 15) is 0 Å². The molecule has 0 atom stereocenters. The van der Waals surface area contributed by atoms with Crippen LogP contribution in [0.25, 0.3) is 0 Å². The third kappa shape index (κ3) is 3.40. The Morgan fingerprint density at radius 1 is 1.47 bits per heavy atom. The molecule has 1 saturated carbocycles. The molecule has 1 aliphatic rings. The van der Waals surface area contributed by atoms with Crippen LogP contribution in [0.1, 0.15) is 25.3 Å². The third-order valence-corrected chi connectivity index (χ3v) is 3.85. The average molecular weight is 242 g/mol. The second-order valence-electron chi connectivity index (χ2n) is 3.85.